The van der Waals surface area contributed by atoms with Gasteiger partial charge in [0.15, 0.2) is 0 Å². The Labute approximate surface area is 194 Å². The number of hydrogen-bond acceptors (Lipinski definition) is 2. The molecule has 1 unspecified atom stereocenters. The van der Waals surface area contributed by atoms with E-state index in [0.717, 1.165) is 5.25 Å². The number of thioether (sulfide) groups is 2. The number of unbranched alkanes of at least 4 members (excludes halogenated alkanes) is 20. The van der Waals surface area contributed by atoms with E-state index in [1.165, 1.54) is 147 Å². The minimum atomic E-state index is 0.894. The molecule has 0 aromatic heterocycles. The molecule has 0 aromatic carbocycles. The van der Waals surface area contributed by atoms with Crippen molar-refractivity contribution in [1.29, 1.82) is 0 Å². The van der Waals surface area contributed by atoms with Gasteiger partial charge in [-0.05, 0) is 18.9 Å². The van der Waals surface area contributed by atoms with Crippen LogP contribution in [0.4, 0.5) is 0 Å². The second-order valence-corrected chi connectivity index (χ2v) is 11.2. The second kappa shape index (κ2) is 26.7. The Balaban J connectivity index is 3.06. The molecule has 0 rings (SSSR count). The van der Waals surface area contributed by atoms with Crippen molar-refractivity contribution in [3.05, 3.63) is 0 Å². The lowest BCUT2D eigenvalue weighted by molar-refractivity contribution is 0.519. The van der Waals surface area contributed by atoms with Crippen LogP contribution in [0.15, 0.2) is 0 Å². The zero-order valence-corrected chi connectivity index (χ0v) is 22.3. The Kier molecular flexibility index (Phi) is 27.4. The summed E-state index contributed by atoms with van der Waals surface area (Å²) in [6.07, 6.45) is 36.9. The fourth-order valence-corrected chi connectivity index (χ4v) is 6.15. The maximum absolute atomic E-state index is 2.30. The number of rotatable bonds is 25. The first kappa shape index (κ1) is 29.7. The van der Waals surface area contributed by atoms with Crippen molar-refractivity contribution < 1.29 is 0 Å². The Morgan fingerprint density at radius 2 is 0.759 bits per heavy atom. The summed E-state index contributed by atoms with van der Waals surface area (Å²) >= 11 is 4.07. The standard InChI is InChI=1S/C27H56S2/c1-4-5-6-7-8-9-10-11-12-13-14-15-16-17-18-19-20-21-22-23-24-25-27(29-3)26-28-2/h27H,4-26H2,1-3H3. The molecular weight excluding hydrogens is 388 g/mol. The Morgan fingerprint density at radius 3 is 1.03 bits per heavy atom. The quantitative estimate of drug-likeness (QED) is 0.128. The van der Waals surface area contributed by atoms with Crippen molar-refractivity contribution in [2.45, 2.75) is 153 Å². The molecule has 0 aliphatic heterocycles. The van der Waals surface area contributed by atoms with Crippen LogP contribution < -0.4 is 0 Å². The molecule has 0 aromatic rings. The van der Waals surface area contributed by atoms with Crippen LogP contribution in [0.5, 0.6) is 0 Å². The van der Waals surface area contributed by atoms with Gasteiger partial charge in [0, 0.05) is 11.0 Å². The molecule has 0 N–H and O–H groups in total. The summed E-state index contributed by atoms with van der Waals surface area (Å²) < 4.78 is 0. The van der Waals surface area contributed by atoms with Crippen LogP contribution in [0.25, 0.3) is 0 Å². The highest BCUT2D eigenvalue weighted by molar-refractivity contribution is 8.02. The van der Waals surface area contributed by atoms with Crippen molar-refractivity contribution in [2.24, 2.45) is 0 Å². The molecule has 0 aliphatic rings. The fourth-order valence-electron chi connectivity index (χ4n) is 4.26. The summed E-state index contributed by atoms with van der Waals surface area (Å²) in [4.78, 5) is 0. The smallest absolute Gasteiger partial charge is 0.0135 e. The average molecular weight is 445 g/mol. The van der Waals surface area contributed by atoms with Crippen molar-refractivity contribution >= 4 is 23.5 Å². The largest absolute Gasteiger partial charge is 0.164 e. The van der Waals surface area contributed by atoms with E-state index in [2.05, 4.69) is 31.2 Å². The summed E-state index contributed by atoms with van der Waals surface area (Å²) in [5, 5.41) is 0.894. The van der Waals surface area contributed by atoms with Gasteiger partial charge in [-0.15, -0.1) is 0 Å². The molecular formula is C27H56S2. The van der Waals surface area contributed by atoms with E-state index in [1.807, 2.05) is 11.8 Å². The van der Waals surface area contributed by atoms with Gasteiger partial charge in [-0.3, -0.25) is 0 Å². The molecule has 0 aliphatic carbocycles. The first-order chi connectivity index (χ1) is 14.3. The molecule has 0 saturated heterocycles. The zero-order valence-electron chi connectivity index (χ0n) is 20.7. The van der Waals surface area contributed by atoms with Crippen LogP contribution in [0.2, 0.25) is 0 Å². The van der Waals surface area contributed by atoms with Gasteiger partial charge in [-0.2, -0.15) is 23.5 Å². The molecule has 0 heterocycles. The minimum Gasteiger partial charge on any atom is -0.164 e. The lowest BCUT2D eigenvalue weighted by Gasteiger charge is -2.12. The van der Waals surface area contributed by atoms with Gasteiger partial charge in [-0.1, -0.05) is 142 Å². The van der Waals surface area contributed by atoms with Crippen LogP contribution in [0.3, 0.4) is 0 Å². The third-order valence-electron chi connectivity index (χ3n) is 6.32. The maximum Gasteiger partial charge on any atom is 0.0135 e. The van der Waals surface area contributed by atoms with Gasteiger partial charge in [-0.25, -0.2) is 0 Å². The van der Waals surface area contributed by atoms with E-state index in [4.69, 9.17) is 0 Å². The predicted molar refractivity (Wildman–Crippen MR) is 143 cm³/mol. The van der Waals surface area contributed by atoms with Crippen LogP contribution in [0.1, 0.15) is 148 Å². The molecule has 0 spiro atoms. The summed E-state index contributed by atoms with van der Waals surface area (Å²) in [6, 6.07) is 0. The first-order valence-electron chi connectivity index (χ1n) is 13.4. The highest BCUT2D eigenvalue weighted by atomic mass is 32.2. The summed E-state index contributed by atoms with van der Waals surface area (Å²) in [6.45, 7) is 2.30. The van der Waals surface area contributed by atoms with Crippen molar-refractivity contribution in [3.63, 3.8) is 0 Å². The summed E-state index contributed by atoms with van der Waals surface area (Å²) in [7, 11) is 0. The van der Waals surface area contributed by atoms with E-state index < -0.39 is 0 Å². The monoisotopic (exact) mass is 444 g/mol. The van der Waals surface area contributed by atoms with Crippen molar-refractivity contribution in [1.82, 2.24) is 0 Å². The van der Waals surface area contributed by atoms with Crippen molar-refractivity contribution in [3.8, 4) is 0 Å². The lowest BCUT2D eigenvalue weighted by atomic mass is 10.0. The summed E-state index contributed by atoms with van der Waals surface area (Å²) in [5.41, 5.74) is 0. The van der Waals surface area contributed by atoms with E-state index in [1.54, 1.807) is 0 Å². The molecule has 0 fully saturated rings. The van der Waals surface area contributed by atoms with E-state index in [9.17, 15) is 0 Å². The molecule has 1 atom stereocenters. The Bertz CT molecular complexity index is 280. The average Bonchev–Trinajstić information content (AvgIpc) is 2.74. The van der Waals surface area contributed by atoms with Gasteiger partial charge < -0.3 is 0 Å². The van der Waals surface area contributed by atoms with E-state index in [0.29, 0.717) is 0 Å². The molecule has 176 valence electrons. The molecule has 0 radical (unpaired) electrons. The Hall–Kier alpha value is 0.700. The van der Waals surface area contributed by atoms with Gasteiger partial charge in [0.2, 0.25) is 0 Å². The molecule has 0 saturated carbocycles. The third-order valence-corrected chi connectivity index (χ3v) is 8.33. The van der Waals surface area contributed by atoms with Gasteiger partial charge >= 0.3 is 0 Å². The van der Waals surface area contributed by atoms with Crippen LogP contribution >= 0.6 is 23.5 Å². The van der Waals surface area contributed by atoms with Gasteiger partial charge in [0.25, 0.3) is 0 Å². The first-order valence-corrected chi connectivity index (χ1v) is 16.0. The molecule has 0 bridgehead atoms. The van der Waals surface area contributed by atoms with Crippen LogP contribution in [0, 0.1) is 0 Å². The van der Waals surface area contributed by atoms with Crippen LogP contribution in [-0.2, 0) is 0 Å². The Morgan fingerprint density at radius 1 is 0.448 bits per heavy atom. The highest BCUT2D eigenvalue weighted by Crippen LogP contribution is 2.20. The highest BCUT2D eigenvalue weighted by Gasteiger charge is 2.05. The van der Waals surface area contributed by atoms with Gasteiger partial charge in [0.05, 0.1) is 0 Å². The normalized spacial score (nSPS) is 12.5. The van der Waals surface area contributed by atoms with Crippen LogP contribution in [-0.4, -0.2) is 23.5 Å². The molecule has 0 amide bonds. The van der Waals surface area contributed by atoms with Gasteiger partial charge in [0.1, 0.15) is 0 Å². The number of hydrogen-bond donors (Lipinski definition) is 0. The van der Waals surface area contributed by atoms with E-state index >= 15 is 0 Å². The molecule has 2 heteroatoms. The molecule has 0 nitrogen and oxygen atoms in total. The third kappa shape index (κ3) is 24.8. The fraction of sp³-hybridized carbons (Fsp3) is 1.00. The zero-order chi connectivity index (χ0) is 21.3. The summed E-state index contributed by atoms with van der Waals surface area (Å²) in [5.74, 6) is 1.33. The minimum absolute atomic E-state index is 0.894. The molecule has 29 heavy (non-hydrogen) atoms. The topological polar surface area (TPSA) is 0 Å². The predicted octanol–water partition coefficient (Wildman–Crippen LogP) is 10.7. The lowest BCUT2D eigenvalue weighted by Crippen LogP contribution is -2.04. The maximum atomic E-state index is 2.30. The second-order valence-electron chi connectivity index (χ2n) is 9.17. The van der Waals surface area contributed by atoms with E-state index in [-0.39, 0.29) is 0 Å². The van der Waals surface area contributed by atoms with Crippen molar-refractivity contribution in [2.75, 3.05) is 18.3 Å². The SMILES string of the molecule is CCCCCCCCCCCCCCCCCCCCCCCC(CSC)SC.